The molecule has 0 aliphatic rings. The highest BCUT2D eigenvalue weighted by Gasteiger charge is 2.09. The fraction of sp³-hybridized carbons (Fsp3) is 0.364. The number of ether oxygens (including phenoxy) is 2. The number of nitrogens with zero attached hydrogens (tertiary/aromatic N) is 1. The summed E-state index contributed by atoms with van der Waals surface area (Å²) >= 11 is 0. The molecular weight excluding hydrogens is 356 g/mol. The van der Waals surface area contributed by atoms with Crippen LogP contribution in [0.2, 0.25) is 0 Å². The van der Waals surface area contributed by atoms with Crippen molar-refractivity contribution in [3.63, 3.8) is 0 Å². The lowest BCUT2D eigenvalue weighted by atomic mass is 10.2. The number of carbonyl (C=O) groups is 2. The normalized spacial score (nSPS) is 10.5. The third-order valence-corrected chi connectivity index (χ3v) is 4.28. The van der Waals surface area contributed by atoms with Gasteiger partial charge in [-0.05, 0) is 49.5 Å². The molecule has 6 nitrogen and oxygen atoms in total. The predicted molar refractivity (Wildman–Crippen MR) is 110 cm³/mol. The molecule has 2 aromatic carbocycles. The van der Waals surface area contributed by atoms with Crippen molar-refractivity contribution in [1.29, 1.82) is 0 Å². The summed E-state index contributed by atoms with van der Waals surface area (Å²) in [5, 5.41) is 2.79. The molecule has 0 radical (unpaired) electrons. The standard InChI is InChI=1S/C22H28N2O4/c1-3-24(4-2)15-17-28-22(26)18-10-12-19(13-11-18)23-21(25)14-16-27-20-8-6-5-7-9-20/h5-13H,3-4,14-17H2,1-2H3,(H,23,25). The van der Waals surface area contributed by atoms with Gasteiger partial charge in [0.15, 0.2) is 0 Å². The van der Waals surface area contributed by atoms with Crippen molar-refractivity contribution in [2.45, 2.75) is 20.3 Å². The number of para-hydroxylation sites is 1. The fourth-order valence-electron chi connectivity index (χ4n) is 2.58. The van der Waals surface area contributed by atoms with E-state index in [9.17, 15) is 9.59 Å². The van der Waals surface area contributed by atoms with E-state index >= 15 is 0 Å². The number of nitrogens with one attached hydrogen (secondary N) is 1. The first-order chi connectivity index (χ1) is 13.6. The molecule has 0 aromatic heterocycles. The average Bonchev–Trinajstić information content (AvgIpc) is 2.72. The number of hydrogen-bond acceptors (Lipinski definition) is 5. The monoisotopic (exact) mass is 384 g/mol. The van der Waals surface area contributed by atoms with Gasteiger partial charge in [-0.1, -0.05) is 32.0 Å². The number of rotatable bonds is 11. The molecule has 0 bridgehead atoms. The molecule has 0 spiro atoms. The third kappa shape index (κ3) is 7.40. The maximum atomic E-state index is 12.1. The molecule has 0 saturated carbocycles. The minimum Gasteiger partial charge on any atom is -0.493 e. The van der Waals surface area contributed by atoms with Gasteiger partial charge < -0.3 is 19.7 Å². The molecule has 6 heteroatoms. The van der Waals surface area contributed by atoms with E-state index in [1.807, 2.05) is 30.3 Å². The lowest BCUT2D eigenvalue weighted by Crippen LogP contribution is -2.27. The van der Waals surface area contributed by atoms with Gasteiger partial charge >= 0.3 is 5.97 Å². The van der Waals surface area contributed by atoms with Gasteiger partial charge in [-0.25, -0.2) is 4.79 Å². The summed E-state index contributed by atoms with van der Waals surface area (Å²) in [5.74, 6) is 0.228. The molecule has 2 aromatic rings. The molecule has 150 valence electrons. The molecule has 1 N–H and O–H groups in total. The van der Waals surface area contributed by atoms with Crippen molar-refractivity contribution in [2.75, 3.05) is 38.2 Å². The molecule has 0 saturated heterocycles. The number of amides is 1. The van der Waals surface area contributed by atoms with Crippen LogP contribution in [0.5, 0.6) is 5.75 Å². The van der Waals surface area contributed by atoms with Gasteiger partial charge in [0.05, 0.1) is 18.6 Å². The summed E-state index contributed by atoms with van der Waals surface area (Å²) in [7, 11) is 0. The molecule has 0 aliphatic carbocycles. The second kappa shape index (κ2) is 11.8. The van der Waals surface area contributed by atoms with Crippen molar-refractivity contribution in [3.8, 4) is 5.75 Å². The molecular formula is C22H28N2O4. The van der Waals surface area contributed by atoms with Gasteiger partial charge in [-0.3, -0.25) is 4.79 Å². The second-order valence-electron chi connectivity index (χ2n) is 6.20. The van der Waals surface area contributed by atoms with Crippen LogP contribution >= 0.6 is 0 Å². The summed E-state index contributed by atoms with van der Waals surface area (Å²) in [5.41, 5.74) is 1.09. The summed E-state index contributed by atoms with van der Waals surface area (Å²) in [6.45, 7) is 7.39. The summed E-state index contributed by atoms with van der Waals surface area (Å²) in [6, 6.07) is 16.0. The number of carbonyl (C=O) groups excluding carboxylic acids is 2. The van der Waals surface area contributed by atoms with Crippen LogP contribution in [-0.2, 0) is 9.53 Å². The van der Waals surface area contributed by atoms with E-state index in [0.717, 1.165) is 25.4 Å². The van der Waals surface area contributed by atoms with Crippen molar-refractivity contribution >= 4 is 17.6 Å². The van der Waals surface area contributed by atoms with E-state index in [0.29, 0.717) is 24.5 Å². The van der Waals surface area contributed by atoms with E-state index in [1.165, 1.54) is 0 Å². The topological polar surface area (TPSA) is 67.9 Å². The summed E-state index contributed by atoms with van der Waals surface area (Å²) < 4.78 is 10.8. The maximum absolute atomic E-state index is 12.1. The minimum absolute atomic E-state index is 0.148. The summed E-state index contributed by atoms with van der Waals surface area (Å²) in [4.78, 5) is 26.3. The van der Waals surface area contributed by atoms with Crippen LogP contribution in [0.15, 0.2) is 54.6 Å². The number of esters is 1. The zero-order valence-electron chi connectivity index (χ0n) is 16.5. The average molecular weight is 384 g/mol. The van der Waals surface area contributed by atoms with Crippen LogP contribution in [-0.4, -0.2) is 49.6 Å². The highest BCUT2D eigenvalue weighted by Crippen LogP contribution is 2.12. The van der Waals surface area contributed by atoms with Crippen LogP contribution in [0, 0.1) is 0 Å². The Labute approximate surface area is 166 Å². The van der Waals surface area contributed by atoms with Crippen molar-refractivity contribution < 1.29 is 19.1 Å². The van der Waals surface area contributed by atoms with Crippen molar-refractivity contribution in [2.24, 2.45) is 0 Å². The zero-order valence-corrected chi connectivity index (χ0v) is 16.5. The van der Waals surface area contributed by atoms with Crippen LogP contribution < -0.4 is 10.1 Å². The Bertz CT molecular complexity index is 728. The van der Waals surface area contributed by atoms with Crippen LogP contribution in [0.4, 0.5) is 5.69 Å². The number of likely N-dealkylation sites (N-methyl/N-ethyl adjacent to an activating group) is 1. The SMILES string of the molecule is CCN(CC)CCOC(=O)c1ccc(NC(=O)CCOc2ccccc2)cc1. The Morgan fingerprint density at radius 1 is 0.929 bits per heavy atom. The largest absolute Gasteiger partial charge is 0.493 e. The van der Waals surface area contributed by atoms with E-state index in [-0.39, 0.29) is 18.3 Å². The summed E-state index contributed by atoms with van der Waals surface area (Å²) in [6.07, 6.45) is 0.240. The zero-order chi connectivity index (χ0) is 20.2. The second-order valence-corrected chi connectivity index (χ2v) is 6.20. The number of benzene rings is 2. The predicted octanol–water partition coefficient (Wildman–Crippen LogP) is 3.59. The van der Waals surface area contributed by atoms with Gasteiger partial charge in [-0.2, -0.15) is 0 Å². The first-order valence-corrected chi connectivity index (χ1v) is 9.59. The molecule has 0 fully saturated rings. The highest BCUT2D eigenvalue weighted by atomic mass is 16.5. The van der Waals surface area contributed by atoms with Gasteiger partial charge in [0.2, 0.25) is 5.91 Å². The van der Waals surface area contributed by atoms with Crippen LogP contribution in [0.25, 0.3) is 0 Å². The quantitative estimate of drug-likeness (QED) is 0.600. The van der Waals surface area contributed by atoms with E-state index < -0.39 is 0 Å². The first kappa shape index (κ1) is 21.4. The lowest BCUT2D eigenvalue weighted by molar-refractivity contribution is -0.116. The Kier molecular flexibility index (Phi) is 9.01. The number of hydrogen-bond donors (Lipinski definition) is 1. The van der Waals surface area contributed by atoms with Crippen LogP contribution in [0.1, 0.15) is 30.6 Å². The van der Waals surface area contributed by atoms with Gasteiger partial charge in [0.1, 0.15) is 12.4 Å². The third-order valence-electron chi connectivity index (χ3n) is 4.28. The molecule has 2 rings (SSSR count). The smallest absolute Gasteiger partial charge is 0.338 e. The highest BCUT2D eigenvalue weighted by molar-refractivity contribution is 5.93. The Morgan fingerprint density at radius 3 is 2.25 bits per heavy atom. The van der Waals surface area contributed by atoms with Gasteiger partial charge in [0.25, 0.3) is 0 Å². The lowest BCUT2D eigenvalue weighted by Gasteiger charge is -2.17. The Balaban J connectivity index is 1.72. The molecule has 1 amide bonds. The van der Waals surface area contributed by atoms with Gasteiger partial charge in [-0.15, -0.1) is 0 Å². The first-order valence-electron chi connectivity index (χ1n) is 9.59. The van der Waals surface area contributed by atoms with Crippen molar-refractivity contribution in [3.05, 3.63) is 60.2 Å². The molecule has 0 atom stereocenters. The van der Waals surface area contributed by atoms with E-state index in [1.54, 1.807) is 24.3 Å². The maximum Gasteiger partial charge on any atom is 0.338 e. The molecule has 0 aliphatic heterocycles. The number of anilines is 1. The van der Waals surface area contributed by atoms with Crippen molar-refractivity contribution in [1.82, 2.24) is 4.90 Å². The van der Waals surface area contributed by atoms with Crippen LogP contribution in [0.3, 0.4) is 0 Å². The molecule has 0 unspecified atom stereocenters. The molecule has 28 heavy (non-hydrogen) atoms. The Hall–Kier alpha value is -2.86. The van der Waals surface area contributed by atoms with E-state index in [2.05, 4.69) is 24.1 Å². The van der Waals surface area contributed by atoms with E-state index in [4.69, 9.17) is 9.47 Å². The Morgan fingerprint density at radius 2 is 1.61 bits per heavy atom. The molecule has 0 heterocycles. The minimum atomic E-state index is -0.360. The fourth-order valence-corrected chi connectivity index (χ4v) is 2.58. The van der Waals surface area contributed by atoms with Gasteiger partial charge in [0, 0.05) is 12.2 Å².